The number of nitrogen functional groups attached to an aromatic ring is 1. The molecule has 4 N–H and O–H groups in total. The van der Waals surface area contributed by atoms with Crippen molar-refractivity contribution in [3.8, 4) is 11.5 Å². The summed E-state index contributed by atoms with van der Waals surface area (Å²) in [5.74, 6) is 0.993. The molecule has 0 aliphatic carbocycles. The highest BCUT2D eigenvalue weighted by Gasteiger charge is 2.09. The molecule has 1 aromatic heterocycles. The van der Waals surface area contributed by atoms with Crippen LogP contribution in [0, 0.1) is 3.57 Å². The van der Waals surface area contributed by atoms with Gasteiger partial charge in [0, 0.05) is 10.9 Å². The maximum atomic E-state index is 9.86. The summed E-state index contributed by atoms with van der Waals surface area (Å²) in [6.07, 6.45) is 1.60. The Morgan fingerprint density at radius 3 is 3.00 bits per heavy atom. The fraction of sp³-hybridized carbons (Fsp3) is 0.0909. The molecule has 0 spiro atoms. The Labute approximate surface area is 127 Å². The summed E-state index contributed by atoms with van der Waals surface area (Å²) >= 11 is 3.40. The predicted molar refractivity (Wildman–Crippen MR) is 85.1 cm³/mol. The van der Waals surface area contributed by atoms with Crippen LogP contribution in [0.15, 0.2) is 22.6 Å². The van der Waals surface area contributed by atoms with Gasteiger partial charge in [0.2, 0.25) is 5.13 Å². The standard InChI is InChI=1S/C11H11IN4O2S/c1-18-7-3-2-6(9(12)10(7)17)4-14-16-11-15-8(13)5-19-11/h2-5,17H,13H2,1H3,(H,15,16). The summed E-state index contributed by atoms with van der Waals surface area (Å²) in [7, 11) is 1.51. The highest BCUT2D eigenvalue weighted by atomic mass is 127. The number of phenols is 1. The van der Waals surface area contributed by atoms with Gasteiger partial charge in [-0.3, -0.25) is 5.43 Å². The number of nitrogens with zero attached hydrogens (tertiary/aromatic N) is 2. The molecule has 8 heteroatoms. The van der Waals surface area contributed by atoms with Crippen molar-refractivity contribution in [2.75, 3.05) is 18.3 Å². The fourth-order valence-corrected chi connectivity index (χ4v) is 2.45. The molecular weight excluding hydrogens is 379 g/mol. The van der Waals surface area contributed by atoms with E-state index in [9.17, 15) is 5.11 Å². The Morgan fingerprint density at radius 1 is 1.58 bits per heavy atom. The van der Waals surface area contributed by atoms with Gasteiger partial charge >= 0.3 is 0 Å². The number of anilines is 2. The molecule has 0 atom stereocenters. The van der Waals surface area contributed by atoms with E-state index in [4.69, 9.17) is 10.5 Å². The minimum atomic E-state index is 0.102. The van der Waals surface area contributed by atoms with E-state index in [1.54, 1.807) is 17.7 Å². The minimum absolute atomic E-state index is 0.102. The van der Waals surface area contributed by atoms with Crippen molar-refractivity contribution >= 4 is 51.1 Å². The molecule has 0 unspecified atom stereocenters. The predicted octanol–water partition coefficient (Wildman–Crippen LogP) is 2.49. The van der Waals surface area contributed by atoms with Crippen LogP contribution in [0.4, 0.5) is 10.9 Å². The monoisotopic (exact) mass is 390 g/mol. The summed E-state index contributed by atoms with van der Waals surface area (Å²) in [5, 5.41) is 16.2. The fourth-order valence-electron chi connectivity index (χ4n) is 1.32. The maximum absolute atomic E-state index is 9.86. The first kappa shape index (κ1) is 13.9. The largest absolute Gasteiger partial charge is 0.504 e. The van der Waals surface area contributed by atoms with Crippen LogP contribution in [0.3, 0.4) is 0 Å². The molecule has 1 heterocycles. The van der Waals surface area contributed by atoms with Crippen LogP contribution in [0.5, 0.6) is 11.5 Å². The molecule has 2 aromatic rings. The lowest BCUT2D eigenvalue weighted by Gasteiger charge is -2.06. The number of ether oxygens (including phenoxy) is 1. The average molecular weight is 390 g/mol. The average Bonchev–Trinajstić information content (AvgIpc) is 2.81. The number of thiazole rings is 1. The Balaban J connectivity index is 2.13. The van der Waals surface area contributed by atoms with E-state index in [1.165, 1.54) is 18.4 Å². The Hall–Kier alpha value is -1.55. The highest BCUT2D eigenvalue weighted by molar-refractivity contribution is 14.1. The van der Waals surface area contributed by atoms with Gasteiger partial charge in [0.05, 0.1) is 16.9 Å². The Kier molecular flexibility index (Phi) is 4.43. The van der Waals surface area contributed by atoms with Crippen molar-refractivity contribution in [2.45, 2.75) is 0 Å². The molecule has 0 aliphatic rings. The van der Waals surface area contributed by atoms with Crippen molar-refractivity contribution in [1.82, 2.24) is 4.98 Å². The van der Waals surface area contributed by atoms with Crippen LogP contribution in [0.1, 0.15) is 5.56 Å². The van der Waals surface area contributed by atoms with E-state index < -0.39 is 0 Å². The second-order valence-corrected chi connectivity index (χ2v) is 5.40. The van der Waals surface area contributed by atoms with Crippen molar-refractivity contribution in [1.29, 1.82) is 0 Å². The minimum Gasteiger partial charge on any atom is -0.504 e. The van der Waals surface area contributed by atoms with Gasteiger partial charge in [-0.15, -0.1) is 11.3 Å². The first-order valence-corrected chi connectivity index (χ1v) is 7.13. The maximum Gasteiger partial charge on any atom is 0.205 e. The highest BCUT2D eigenvalue weighted by Crippen LogP contribution is 2.32. The molecule has 0 aliphatic heterocycles. The van der Waals surface area contributed by atoms with Crippen molar-refractivity contribution in [2.24, 2.45) is 5.10 Å². The van der Waals surface area contributed by atoms with E-state index in [-0.39, 0.29) is 5.75 Å². The van der Waals surface area contributed by atoms with Crippen LogP contribution in [-0.2, 0) is 0 Å². The summed E-state index contributed by atoms with van der Waals surface area (Å²) in [4.78, 5) is 4.01. The van der Waals surface area contributed by atoms with Crippen molar-refractivity contribution in [3.05, 3.63) is 26.6 Å². The van der Waals surface area contributed by atoms with Gasteiger partial charge in [-0.25, -0.2) is 4.98 Å². The summed E-state index contributed by atoms with van der Waals surface area (Å²) < 4.78 is 5.69. The molecule has 6 nitrogen and oxygen atoms in total. The lowest BCUT2D eigenvalue weighted by Crippen LogP contribution is -1.94. The van der Waals surface area contributed by atoms with E-state index in [1.807, 2.05) is 28.7 Å². The number of hydrazone groups is 1. The van der Waals surface area contributed by atoms with Crippen LogP contribution in [-0.4, -0.2) is 23.4 Å². The van der Waals surface area contributed by atoms with Gasteiger partial charge < -0.3 is 15.6 Å². The lowest BCUT2D eigenvalue weighted by molar-refractivity contribution is 0.371. The molecule has 19 heavy (non-hydrogen) atoms. The van der Waals surface area contributed by atoms with E-state index in [0.717, 1.165) is 5.56 Å². The van der Waals surface area contributed by atoms with Gasteiger partial charge in [-0.05, 0) is 34.7 Å². The number of hydrogen-bond donors (Lipinski definition) is 3. The number of phenolic OH excluding ortho intramolecular Hbond substituents is 1. The van der Waals surface area contributed by atoms with Crippen LogP contribution in [0.25, 0.3) is 0 Å². The first-order chi connectivity index (χ1) is 9.11. The molecule has 0 amide bonds. The normalized spacial score (nSPS) is 10.8. The van der Waals surface area contributed by atoms with E-state index in [2.05, 4.69) is 15.5 Å². The number of halogens is 1. The summed E-state index contributed by atoms with van der Waals surface area (Å²) in [5.41, 5.74) is 9.04. The van der Waals surface area contributed by atoms with Crippen LogP contribution in [0.2, 0.25) is 0 Å². The van der Waals surface area contributed by atoms with Gasteiger partial charge in [-0.2, -0.15) is 5.10 Å². The summed E-state index contributed by atoms with van der Waals surface area (Å²) in [6.45, 7) is 0. The van der Waals surface area contributed by atoms with Crippen LogP contribution >= 0.6 is 33.9 Å². The quantitative estimate of drug-likeness (QED) is 0.424. The van der Waals surface area contributed by atoms with Crippen molar-refractivity contribution in [3.63, 3.8) is 0 Å². The number of aromatic nitrogens is 1. The zero-order valence-electron chi connectivity index (χ0n) is 9.92. The first-order valence-electron chi connectivity index (χ1n) is 5.17. The Morgan fingerprint density at radius 2 is 2.37 bits per heavy atom. The van der Waals surface area contributed by atoms with Gasteiger partial charge in [0.15, 0.2) is 11.5 Å². The second kappa shape index (κ2) is 6.06. The molecule has 2 rings (SSSR count). The zero-order chi connectivity index (χ0) is 13.8. The van der Waals surface area contributed by atoms with Crippen LogP contribution < -0.4 is 15.9 Å². The number of hydrogen-bond acceptors (Lipinski definition) is 7. The molecule has 0 radical (unpaired) electrons. The number of nitrogens with two attached hydrogens (primary N) is 1. The second-order valence-electron chi connectivity index (χ2n) is 3.47. The number of rotatable bonds is 4. The number of aromatic hydroxyl groups is 1. The van der Waals surface area contributed by atoms with Crippen molar-refractivity contribution < 1.29 is 9.84 Å². The Bertz CT molecular complexity index is 615. The molecule has 0 saturated carbocycles. The topological polar surface area (TPSA) is 92.8 Å². The molecule has 0 fully saturated rings. The summed E-state index contributed by atoms with van der Waals surface area (Å²) in [6, 6.07) is 3.49. The SMILES string of the molecule is COc1ccc(C=NNc2nc(N)cs2)c(I)c1O. The molecule has 0 bridgehead atoms. The number of methoxy groups -OCH3 is 1. The third-order valence-electron chi connectivity index (χ3n) is 2.21. The number of benzene rings is 1. The molecule has 100 valence electrons. The third kappa shape index (κ3) is 3.26. The molecular formula is C11H11IN4O2S. The van der Waals surface area contributed by atoms with Gasteiger partial charge in [0.25, 0.3) is 0 Å². The number of nitrogens with one attached hydrogen (secondary N) is 1. The molecule has 0 saturated heterocycles. The van der Waals surface area contributed by atoms with E-state index >= 15 is 0 Å². The third-order valence-corrected chi connectivity index (χ3v) is 4.11. The molecule has 1 aromatic carbocycles. The van der Waals surface area contributed by atoms with E-state index in [0.29, 0.717) is 20.3 Å². The van der Waals surface area contributed by atoms with Gasteiger partial charge in [-0.1, -0.05) is 0 Å². The van der Waals surface area contributed by atoms with Gasteiger partial charge in [0.1, 0.15) is 5.82 Å². The lowest BCUT2D eigenvalue weighted by atomic mass is 10.2. The zero-order valence-corrected chi connectivity index (χ0v) is 12.9. The smallest absolute Gasteiger partial charge is 0.205 e.